The molecule has 1 aromatic heterocycles. The van der Waals surface area contributed by atoms with Crippen LogP contribution in [-0.4, -0.2) is 39.6 Å². The topological polar surface area (TPSA) is 53.4 Å². The molecule has 0 aliphatic carbocycles. The van der Waals surface area contributed by atoms with Gasteiger partial charge in [0.05, 0.1) is 11.2 Å². The highest BCUT2D eigenvalue weighted by molar-refractivity contribution is 14.1. The summed E-state index contributed by atoms with van der Waals surface area (Å²) >= 11 is 2.09. The molecule has 1 heterocycles. The zero-order valence-electron chi connectivity index (χ0n) is 10.3. The molecule has 1 amide bonds. The Morgan fingerprint density at radius 1 is 1.59 bits per heavy atom. The number of aromatic nitrogens is 1. The first-order valence-corrected chi connectivity index (χ1v) is 6.54. The minimum atomic E-state index is -0.885. The minimum absolute atomic E-state index is 0.0681. The molecule has 1 rings (SSSR count). The van der Waals surface area contributed by atoms with Crippen molar-refractivity contribution in [2.45, 2.75) is 26.4 Å². The average Bonchev–Trinajstić information content (AvgIpc) is 2.24. The van der Waals surface area contributed by atoms with Crippen LogP contribution in [0, 0.1) is 3.57 Å². The van der Waals surface area contributed by atoms with Gasteiger partial charge in [-0.3, -0.25) is 9.78 Å². The van der Waals surface area contributed by atoms with Crippen LogP contribution in [0.3, 0.4) is 0 Å². The quantitative estimate of drug-likeness (QED) is 0.846. The first kappa shape index (κ1) is 14.4. The second kappa shape index (κ2) is 5.77. The fourth-order valence-corrected chi connectivity index (χ4v) is 2.08. The molecule has 0 atom stereocenters. The molecule has 0 radical (unpaired) electrons. The molecule has 17 heavy (non-hydrogen) atoms. The predicted octanol–water partition coefficient (Wildman–Crippen LogP) is 1.92. The maximum absolute atomic E-state index is 12.3. The molecule has 0 saturated heterocycles. The number of halogens is 1. The van der Waals surface area contributed by atoms with Gasteiger partial charge in [-0.15, -0.1) is 0 Å². The number of nitrogens with zero attached hydrogens (tertiary/aromatic N) is 2. The number of likely N-dealkylation sites (N-methyl/N-ethyl adjacent to an activating group) is 1. The van der Waals surface area contributed by atoms with E-state index in [0.717, 1.165) is 3.57 Å². The standard InChI is InChI=1S/C12H17IN2O2/c1-4-15(8-12(2,3)17)11(16)9-5-6-14-7-10(9)13/h5-7,17H,4,8H2,1-3H3. The number of carbonyl (C=O) groups is 1. The third-order valence-electron chi connectivity index (χ3n) is 2.25. The predicted molar refractivity (Wildman–Crippen MR) is 74.8 cm³/mol. The molecule has 0 aromatic carbocycles. The van der Waals surface area contributed by atoms with Crippen LogP contribution in [0.5, 0.6) is 0 Å². The first-order chi connectivity index (χ1) is 7.85. The lowest BCUT2D eigenvalue weighted by molar-refractivity contribution is 0.0314. The van der Waals surface area contributed by atoms with Gasteiger partial charge < -0.3 is 10.0 Å². The summed E-state index contributed by atoms with van der Waals surface area (Å²) in [6.07, 6.45) is 3.26. The Morgan fingerprint density at radius 2 is 2.24 bits per heavy atom. The van der Waals surface area contributed by atoms with Gasteiger partial charge in [-0.25, -0.2) is 0 Å². The number of amides is 1. The summed E-state index contributed by atoms with van der Waals surface area (Å²) in [5, 5.41) is 9.78. The van der Waals surface area contributed by atoms with Gasteiger partial charge >= 0.3 is 0 Å². The Kier molecular flexibility index (Phi) is 4.88. The van der Waals surface area contributed by atoms with Crippen molar-refractivity contribution in [3.05, 3.63) is 27.6 Å². The van der Waals surface area contributed by atoms with E-state index >= 15 is 0 Å². The molecule has 0 bridgehead atoms. The molecular weight excluding hydrogens is 331 g/mol. The maximum atomic E-state index is 12.3. The van der Waals surface area contributed by atoms with Crippen LogP contribution in [0.15, 0.2) is 18.5 Å². The summed E-state index contributed by atoms with van der Waals surface area (Å²) in [4.78, 5) is 17.9. The number of aliphatic hydroxyl groups is 1. The summed E-state index contributed by atoms with van der Waals surface area (Å²) in [6, 6.07) is 1.71. The van der Waals surface area contributed by atoms with Crippen LogP contribution in [-0.2, 0) is 0 Å². The van der Waals surface area contributed by atoms with Crippen molar-refractivity contribution >= 4 is 28.5 Å². The largest absolute Gasteiger partial charge is 0.389 e. The molecular formula is C12H17IN2O2. The first-order valence-electron chi connectivity index (χ1n) is 5.46. The molecule has 0 aliphatic heterocycles. The van der Waals surface area contributed by atoms with Crippen LogP contribution in [0.2, 0.25) is 0 Å². The number of pyridine rings is 1. The van der Waals surface area contributed by atoms with E-state index in [4.69, 9.17) is 0 Å². The van der Waals surface area contributed by atoms with Gasteiger partial charge in [0, 0.05) is 29.1 Å². The summed E-state index contributed by atoms with van der Waals surface area (Å²) in [6.45, 7) is 6.18. The number of carbonyl (C=O) groups excluding carboxylic acids is 1. The van der Waals surface area contributed by atoms with Crippen LogP contribution >= 0.6 is 22.6 Å². The number of hydrogen-bond acceptors (Lipinski definition) is 3. The Bertz CT molecular complexity index is 402. The van der Waals surface area contributed by atoms with Crippen molar-refractivity contribution in [1.82, 2.24) is 9.88 Å². The third-order valence-corrected chi connectivity index (χ3v) is 3.11. The summed E-state index contributed by atoms with van der Waals surface area (Å²) in [5.41, 5.74) is -0.254. The van der Waals surface area contributed by atoms with E-state index in [-0.39, 0.29) is 5.91 Å². The number of rotatable bonds is 4. The molecule has 94 valence electrons. The Balaban J connectivity index is 2.91. The van der Waals surface area contributed by atoms with Gasteiger partial charge in [-0.1, -0.05) is 0 Å². The van der Waals surface area contributed by atoms with Gasteiger partial charge in [0.25, 0.3) is 5.91 Å². The van der Waals surface area contributed by atoms with Crippen molar-refractivity contribution in [3.8, 4) is 0 Å². The van der Waals surface area contributed by atoms with Gasteiger partial charge in [0.2, 0.25) is 0 Å². The van der Waals surface area contributed by atoms with Crippen LogP contribution in [0.4, 0.5) is 0 Å². The van der Waals surface area contributed by atoms with E-state index in [1.165, 1.54) is 0 Å². The normalized spacial score (nSPS) is 11.4. The molecule has 1 aromatic rings. The summed E-state index contributed by atoms with van der Waals surface area (Å²) in [5.74, 6) is -0.0681. The summed E-state index contributed by atoms with van der Waals surface area (Å²) in [7, 11) is 0. The van der Waals surface area contributed by atoms with E-state index < -0.39 is 5.60 Å². The molecule has 4 nitrogen and oxygen atoms in total. The van der Waals surface area contributed by atoms with Gasteiger partial charge in [-0.2, -0.15) is 0 Å². The molecule has 1 N–H and O–H groups in total. The van der Waals surface area contributed by atoms with E-state index in [1.807, 2.05) is 6.92 Å². The van der Waals surface area contributed by atoms with Crippen LogP contribution in [0.25, 0.3) is 0 Å². The van der Waals surface area contributed by atoms with Crippen molar-refractivity contribution in [2.24, 2.45) is 0 Å². The Hall–Kier alpha value is -0.690. The van der Waals surface area contributed by atoms with Gasteiger partial charge in [-0.05, 0) is 49.4 Å². The maximum Gasteiger partial charge on any atom is 0.255 e. The fourth-order valence-electron chi connectivity index (χ4n) is 1.51. The van der Waals surface area contributed by atoms with E-state index in [9.17, 15) is 9.90 Å². The molecule has 0 spiro atoms. The lowest BCUT2D eigenvalue weighted by Crippen LogP contribution is -2.42. The highest BCUT2D eigenvalue weighted by atomic mass is 127. The minimum Gasteiger partial charge on any atom is -0.389 e. The second-order valence-electron chi connectivity index (χ2n) is 4.49. The number of hydrogen-bond donors (Lipinski definition) is 1. The van der Waals surface area contributed by atoms with Crippen molar-refractivity contribution < 1.29 is 9.90 Å². The third kappa shape index (κ3) is 4.23. The lowest BCUT2D eigenvalue weighted by atomic mass is 10.1. The molecule has 0 fully saturated rings. The molecule has 0 aliphatic rings. The zero-order valence-corrected chi connectivity index (χ0v) is 12.4. The smallest absolute Gasteiger partial charge is 0.255 e. The van der Waals surface area contributed by atoms with Crippen molar-refractivity contribution in [2.75, 3.05) is 13.1 Å². The second-order valence-corrected chi connectivity index (χ2v) is 5.65. The van der Waals surface area contributed by atoms with Gasteiger partial charge in [0.15, 0.2) is 0 Å². The SMILES string of the molecule is CCN(CC(C)(C)O)C(=O)c1ccncc1I. The molecule has 5 heteroatoms. The monoisotopic (exact) mass is 348 g/mol. The molecule has 0 unspecified atom stereocenters. The Morgan fingerprint density at radius 3 is 2.71 bits per heavy atom. The van der Waals surface area contributed by atoms with E-state index in [2.05, 4.69) is 27.6 Å². The van der Waals surface area contributed by atoms with Crippen LogP contribution < -0.4 is 0 Å². The zero-order chi connectivity index (χ0) is 13.1. The average molecular weight is 348 g/mol. The lowest BCUT2D eigenvalue weighted by Gasteiger charge is -2.28. The highest BCUT2D eigenvalue weighted by Gasteiger charge is 2.23. The van der Waals surface area contributed by atoms with Crippen molar-refractivity contribution in [1.29, 1.82) is 0 Å². The van der Waals surface area contributed by atoms with Crippen molar-refractivity contribution in [3.63, 3.8) is 0 Å². The van der Waals surface area contributed by atoms with Crippen LogP contribution in [0.1, 0.15) is 31.1 Å². The highest BCUT2D eigenvalue weighted by Crippen LogP contribution is 2.14. The Labute approximate surface area is 115 Å². The molecule has 0 saturated carbocycles. The van der Waals surface area contributed by atoms with E-state index in [0.29, 0.717) is 18.7 Å². The fraction of sp³-hybridized carbons (Fsp3) is 0.500. The van der Waals surface area contributed by atoms with E-state index in [1.54, 1.807) is 37.2 Å². The van der Waals surface area contributed by atoms with Gasteiger partial charge in [0.1, 0.15) is 0 Å². The summed E-state index contributed by atoms with van der Waals surface area (Å²) < 4.78 is 0.823.